The molecule has 2 heterocycles. The van der Waals surface area contributed by atoms with Gasteiger partial charge in [-0.2, -0.15) is 4.99 Å². The van der Waals surface area contributed by atoms with Crippen LogP contribution in [-0.4, -0.2) is 49.2 Å². The quantitative estimate of drug-likeness (QED) is 0.808. The number of benzene rings is 1. The molecule has 2 fully saturated rings. The molecule has 7 nitrogen and oxygen atoms in total. The zero-order chi connectivity index (χ0) is 20.4. The zero-order valence-corrected chi connectivity index (χ0v) is 17.1. The highest BCUT2D eigenvalue weighted by Gasteiger charge is 2.42. The van der Waals surface area contributed by atoms with Crippen molar-refractivity contribution in [3.63, 3.8) is 0 Å². The van der Waals surface area contributed by atoms with Crippen LogP contribution in [0.2, 0.25) is 0 Å². The maximum atomic E-state index is 14.9. The molecular formula is C21H31FN6O. The van der Waals surface area contributed by atoms with Crippen molar-refractivity contribution >= 4 is 17.6 Å². The van der Waals surface area contributed by atoms with Gasteiger partial charge in [0.1, 0.15) is 5.66 Å². The highest BCUT2D eigenvalue weighted by atomic mass is 19.1. The Labute approximate surface area is 171 Å². The van der Waals surface area contributed by atoms with Crippen molar-refractivity contribution in [1.29, 1.82) is 0 Å². The maximum absolute atomic E-state index is 14.9. The molecule has 3 aliphatic rings. The summed E-state index contributed by atoms with van der Waals surface area (Å²) < 4.78 is 20.7. The first-order valence-corrected chi connectivity index (χ1v) is 10.6. The molecule has 158 valence electrons. The number of nitrogens with zero attached hydrogens (tertiary/aromatic N) is 4. The van der Waals surface area contributed by atoms with E-state index in [1.807, 2.05) is 11.0 Å². The molecule has 1 spiro atoms. The molecule has 0 unspecified atom stereocenters. The predicted molar refractivity (Wildman–Crippen MR) is 114 cm³/mol. The van der Waals surface area contributed by atoms with E-state index in [2.05, 4.69) is 21.9 Å². The summed E-state index contributed by atoms with van der Waals surface area (Å²) in [6.07, 6.45) is 7.01. The fourth-order valence-corrected chi connectivity index (χ4v) is 4.68. The number of rotatable bonds is 4. The largest absolute Gasteiger partial charge is 0.490 e. The van der Waals surface area contributed by atoms with Gasteiger partial charge >= 0.3 is 0 Å². The molecule has 1 saturated heterocycles. The van der Waals surface area contributed by atoms with Gasteiger partial charge in [-0.05, 0) is 76.7 Å². The molecule has 1 aromatic carbocycles. The van der Waals surface area contributed by atoms with Gasteiger partial charge in [0.05, 0.1) is 6.61 Å². The average molecular weight is 403 g/mol. The molecule has 8 heteroatoms. The molecule has 4 N–H and O–H groups in total. The van der Waals surface area contributed by atoms with Crippen LogP contribution in [0, 0.1) is 11.7 Å². The number of hydrogen-bond donors (Lipinski definition) is 2. The van der Waals surface area contributed by atoms with Crippen LogP contribution in [0.1, 0.15) is 44.9 Å². The van der Waals surface area contributed by atoms with Gasteiger partial charge in [-0.15, -0.1) is 0 Å². The SMILES string of the molecule is CN1CCC(COc2ccc(N3C(N)=NC(N)=NC34CCCCC4)cc2F)CC1. The van der Waals surface area contributed by atoms with Crippen LogP contribution < -0.4 is 21.1 Å². The number of ether oxygens (including phenoxy) is 1. The zero-order valence-electron chi connectivity index (χ0n) is 17.1. The number of anilines is 1. The summed E-state index contributed by atoms with van der Waals surface area (Å²) in [6.45, 7) is 2.67. The second-order valence-electron chi connectivity index (χ2n) is 8.49. The number of aliphatic imine (C=N–C) groups is 2. The lowest BCUT2D eigenvalue weighted by atomic mass is 9.87. The van der Waals surface area contributed by atoms with Crippen LogP contribution in [0.3, 0.4) is 0 Å². The summed E-state index contributed by atoms with van der Waals surface area (Å²) in [7, 11) is 2.13. The van der Waals surface area contributed by atoms with Gasteiger partial charge < -0.3 is 21.1 Å². The second-order valence-corrected chi connectivity index (χ2v) is 8.49. The molecule has 1 saturated carbocycles. The van der Waals surface area contributed by atoms with Crippen molar-refractivity contribution in [3.8, 4) is 5.75 Å². The number of likely N-dealkylation sites (tertiary alicyclic amines) is 1. The molecule has 0 radical (unpaired) electrons. The van der Waals surface area contributed by atoms with E-state index < -0.39 is 11.5 Å². The molecule has 0 atom stereocenters. The Kier molecular flexibility index (Phi) is 5.63. The van der Waals surface area contributed by atoms with Gasteiger partial charge in [0, 0.05) is 11.8 Å². The maximum Gasteiger partial charge on any atom is 0.220 e. The number of nitrogens with two attached hydrogens (primary N) is 2. The Hall–Kier alpha value is -2.35. The molecule has 29 heavy (non-hydrogen) atoms. The number of hydrogen-bond acceptors (Lipinski definition) is 7. The monoisotopic (exact) mass is 402 g/mol. The van der Waals surface area contributed by atoms with E-state index in [1.165, 1.54) is 6.07 Å². The topological polar surface area (TPSA) is 92.5 Å². The van der Waals surface area contributed by atoms with E-state index in [1.54, 1.807) is 6.07 Å². The minimum absolute atomic E-state index is 0.194. The lowest BCUT2D eigenvalue weighted by Crippen LogP contribution is -2.58. The molecule has 1 aromatic rings. The molecule has 0 aromatic heterocycles. The smallest absolute Gasteiger partial charge is 0.220 e. The highest BCUT2D eigenvalue weighted by molar-refractivity contribution is 6.05. The Bertz CT molecular complexity index is 796. The summed E-state index contributed by atoms with van der Waals surface area (Å²) in [5.74, 6) is 0.814. The van der Waals surface area contributed by atoms with Gasteiger partial charge in [-0.25, -0.2) is 9.38 Å². The van der Waals surface area contributed by atoms with E-state index in [0.717, 1.165) is 58.0 Å². The van der Waals surface area contributed by atoms with Gasteiger partial charge in [-0.3, -0.25) is 4.90 Å². The first-order chi connectivity index (χ1) is 14.0. The van der Waals surface area contributed by atoms with E-state index in [0.29, 0.717) is 18.2 Å². The summed E-state index contributed by atoms with van der Waals surface area (Å²) in [6, 6.07) is 4.99. The molecule has 2 aliphatic heterocycles. The van der Waals surface area contributed by atoms with Crippen LogP contribution in [0.15, 0.2) is 28.2 Å². The fraction of sp³-hybridized carbons (Fsp3) is 0.619. The summed E-state index contributed by atoms with van der Waals surface area (Å²) in [5, 5.41) is 0. The van der Waals surface area contributed by atoms with Gasteiger partial charge in [-0.1, -0.05) is 6.42 Å². The van der Waals surface area contributed by atoms with Crippen molar-refractivity contribution < 1.29 is 9.13 Å². The Morgan fingerprint density at radius 3 is 2.59 bits per heavy atom. The third-order valence-corrected chi connectivity index (χ3v) is 6.34. The van der Waals surface area contributed by atoms with Crippen molar-refractivity contribution in [3.05, 3.63) is 24.0 Å². The number of guanidine groups is 2. The molecule has 0 bridgehead atoms. The third kappa shape index (κ3) is 4.17. The molecular weight excluding hydrogens is 371 g/mol. The van der Waals surface area contributed by atoms with E-state index in [9.17, 15) is 4.39 Å². The number of piperidine rings is 1. The van der Waals surface area contributed by atoms with Crippen LogP contribution in [0.4, 0.5) is 10.1 Å². The Balaban J connectivity index is 1.51. The second kappa shape index (κ2) is 8.18. The van der Waals surface area contributed by atoms with Crippen LogP contribution >= 0.6 is 0 Å². The molecule has 1 aliphatic carbocycles. The minimum atomic E-state index is -0.572. The number of halogens is 1. The van der Waals surface area contributed by atoms with E-state index >= 15 is 0 Å². The Morgan fingerprint density at radius 1 is 1.17 bits per heavy atom. The van der Waals surface area contributed by atoms with Gasteiger partial charge in [0.15, 0.2) is 11.6 Å². The van der Waals surface area contributed by atoms with Crippen molar-refractivity contribution in [2.75, 3.05) is 31.6 Å². The van der Waals surface area contributed by atoms with Crippen molar-refractivity contribution in [1.82, 2.24) is 4.90 Å². The van der Waals surface area contributed by atoms with Gasteiger partial charge in [0.25, 0.3) is 0 Å². The third-order valence-electron chi connectivity index (χ3n) is 6.34. The molecule has 4 rings (SSSR count). The predicted octanol–water partition coefficient (Wildman–Crippen LogP) is 2.66. The minimum Gasteiger partial charge on any atom is -0.490 e. The van der Waals surface area contributed by atoms with Crippen LogP contribution in [0.5, 0.6) is 5.75 Å². The van der Waals surface area contributed by atoms with Gasteiger partial charge in [0.2, 0.25) is 11.9 Å². The van der Waals surface area contributed by atoms with Crippen LogP contribution in [-0.2, 0) is 0 Å². The average Bonchev–Trinajstić information content (AvgIpc) is 2.68. The van der Waals surface area contributed by atoms with Crippen molar-refractivity contribution in [2.24, 2.45) is 27.4 Å². The lowest BCUT2D eigenvalue weighted by Gasteiger charge is -2.45. The highest BCUT2D eigenvalue weighted by Crippen LogP contribution is 2.40. The standard InChI is InChI=1S/C21H31FN6O/c1-27-11-7-15(8-12-27)14-29-18-6-5-16(13-17(18)22)28-20(24)25-19(23)26-21(28)9-3-2-4-10-21/h5-6,13,15H,2-4,7-12,14H2,1H3,(H4,23,24,25,26). The summed E-state index contributed by atoms with van der Waals surface area (Å²) in [4.78, 5) is 12.9. The molecule has 0 amide bonds. The lowest BCUT2D eigenvalue weighted by molar-refractivity contribution is 0.157. The first-order valence-electron chi connectivity index (χ1n) is 10.6. The van der Waals surface area contributed by atoms with E-state index in [-0.39, 0.29) is 17.7 Å². The fourth-order valence-electron chi connectivity index (χ4n) is 4.68. The summed E-state index contributed by atoms with van der Waals surface area (Å²) >= 11 is 0. The Morgan fingerprint density at radius 2 is 1.90 bits per heavy atom. The summed E-state index contributed by atoms with van der Waals surface area (Å²) in [5.41, 5.74) is 12.2. The van der Waals surface area contributed by atoms with Crippen molar-refractivity contribution in [2.45, 2.75) is 50.6 Å². The first kappa shape index (κ1) is 19.9. The van der Waals surface area contributed by atoms with E-state index in [4.69, 9.17) is 16.2 Å². The van der Waals surface area contributed by atoms with Crippen LogP contribution in [0.25, 0.3) is 0 Å². The normalized spacial score (nSPS) is 23.0.